The highest BCUT2D eigenvalue weighted by molar-refractivity contribution is 5.27. The van der Waals surface area contributed by atoms with Crippen molar-refractivity contribution in [2.45, 2.75) is 59.4 Å². The maximum Gasteiger partial charge on any atom is 0.0180 e. The molecule has 0 saturated heterocycles. The predicted octanol–water partition coefficient (Wildman–Crippen LogP) is 3.88. The molecule has 3 N–H and O–H groups in total. The van der Waals surface area contributed by atoms with Gasteiger partial charge in [0.1, 0.15) is 0 Å². The molecular formula is C18H32N2. The van der Waals surface area contributed by atoms with Crippen molar-refractivity contribution >= 4 is 0 Å². The Kier molecular flexibility index (Phi) is 7.86. The molecule has 0 amide bonds. The fourth-order valence-electron chi connectivity index (χ4n) is 2.59. The second kappa shape index (κ2) is 9.15. The molecule has 2 heteroatoms. The Balaban J connectivity index is 2.27. The van der Waals surface area contributed by atoms with Crippen LogP contribution in [0.5, 0.6) is 0 Å². The Bertz CT molecular complexity index is 371. The Labute approximate surface area is 125 Å². The molecule has 0 bridgehead atoms. The van der Waals surface area contributed by atoms with Crippen molar-refractivity contribution < 1.29 is 0 Å². The van der Waals surface area contributed by atoms with Gasteiger partial charge in [-0.15, -0.1) is 0 Å². The van der Waals surface area contributed by atoms with Gasteiger partial charge in [-0.05, 0) is 35.9 Å². The van der Waals surface area contributed by atoms with Crippen molar-refractivity contribution in [1.82, 2.24) is 5.32 Å². The van der Waals surface area contributed by atoms with E-state index in [2.05, 4.69) is 50.4 Å². The third kappa shape index (κ3) is 6.53. The smallest absolute Gasteiger partial charge is 0.0180 e. The second-order valence-corrected chi connectivity index (χ2v) is 6.52. The number of unbranched alkanes of at least 4 members (excludes halogenated alkanes) is 2. The summed E-state index contributed by atoms with van der Waals surface area (Å²) in [5, 5.41) is 3.61. The number of nitrogens with one attached hydrogen (secondary N) is 1. The highest BCUT2D eigenvalue weighted by Crippen LogP contribution is 2.22. The minimum Gasteiger partial charge on any atom is -0.326 e. The first-order valence-corrected chi connectivity index (χ1v) is 8.06. The van der Waals surface area contributed by atoms with E-state index < -0.39 is 0 Å². The van der Waals surface area contributed by atoms with Crippen LogP contribution in [-0.4, -0.2) is 13.1 Å². The first-order valence-electron chi connectivity index (χ1n) is 8.06. The van der Waals surface area contributed by atoms with Crippen LogP contribution < -0.4 is 11.1 Å². The first kappa shape index (κ1) is 17.2. The van der Waals surface area contributed by atoms with Crippen LogP contribution in [-0.2, 0) is 13.0 Å². The lowest BCUT2D eigenvalue weighted by Gasteiger charge is -2.25. The summed E-state index contributed by atoms with van der Waals surface area (Å²) in [4.78, 5) is 0. The summed E-state index contributed by atoms with van der Waals surface area (Å²) in [6, 6.07) is 8.49. The van der Waals surface area contributed by atoms with Gasteiger partial charge in [-0.3, -0.25) is 0 Å². The molecule has 0 radical (unpaired) electrons. The number of benzene rings is 1. The zero-order chi connectivity index (χ0) is 14.8. The average Bonchev–Trinajstić information content (AvgIpc) is 2.44. The summed E-state index contributed by atoms with van der Waals surface area (Å²) in [5.41, 5.74) is 8.83. The maximum absolute atomic E-state index is 5.77. The maximum atomic E-state index is 5.77. The molecule has 0 atom stereocenters. The third-order valence-electron chi connectivity index (χ3n) is 3.97. The number of nitrogens with two attached hydrogens (primary N) is 1. The lowest BCUT2D eigenvalue weighted by Crippen LogP contribution is -2.31. The summed E-state index contributed by atoms with van der Waals surface area (Å²) < 4.78 is 0. The molecule has 0 aliphatic rings. The van der Waals surface area contributed by atoms with Gasteiger partial charge in [0.15, 0.2) is 0 Å². The van der Waals surface area contributed by atoms with E-state index in [1.165, 1.54) is 36.8 Å². The minimum absolute atomic E-state index is 0.405. The summed E-state index contributed by atoms with van der Waals surface area (Å²) in [6.45, 7) is 9.77. The standard InChI is InChI=1S/C18H32N2/c1-4-5-8-12-18(2,3)15-20-13-11-16-9-6-7-10-17(16)14-19/h6-7,9-10,20H,4-5,8,11-15,19H2,1-3H3. The van der Waals surface area contributed by atoms with Gasteiger partial charge < -0.3 is 11.1 Å². The molecule has 1 aromatic carbocycles. The van der Waals surface area contributed by atoms with Crippen molar-refractivity contribution in [3.63, 3.8) is 0 Å². The quantitative estimate of drug-likeness (QED) is 0.636. The molecule has 0 fully saturated rings. The second-order valence-electron chi connectivity index (χ2n) is 6.52. The fourth-order valence-corrected chi connectivity index (χ4v) is 2.59. The van der Waals surface area contributed by atoms with E-state index in [0.717, 1.165) is 19.5 Å². The number of hydrogen-bond acceptors (Lipinski definition) is 2. The largest absolute Gasteiger partial charge is 0.326 e. The van der Waals surface area contributed by atoms with Crippen LogP contribution in [0.15, 0.2) is 24.3 Å². The molecule has 114 valence electrons. The predicted molar refractivity (Wildman–Crippen MR) is 88.8 cm³/mol. The molecule has 20 heavy (non-hydrogen) atoms. The van der Waals surface area contributed by atoms with Crippen molar-refractivity contribution in [2.24, 2.45) is 11.1 Å². The fraction of sp³-hybridized carbons (Fsp3) is 0.667. The van der Waals surface area contributed by atoms with E-state index in [9.17, 15) is 0 Å². The van der Waals surface area contributed by atoms with E-state index >= 15 is 0 Å². The van der Waals surface area contributed by atoms with Crippen molar-refractivity contribution in [1.29, 1.82) is 0 Å². The van der Waals surface area contributed by atoms with Crippen molar-refractivity contribution in [2.75, 3.05) is 13.1 Å². The molecule has 0 spiro atoms. The van der Waals surface area contributed by atoms with Crippen molar-refractivity contribution in [3.8, 4) is 0 Å². The monoisotopic (exact) mass is 276 g/mol. The van der Waals surface area contributed by atoms with Gasteiger partial charge in [-0.2, -0.15) is 0 Å². The van der Waals surface area contributed by atoms with Gasteiger partial charge in [0, 0.05) is 13.1 Å². The van der Waals surface area contributed by atoms with E-state index in [0.29, 0.717) is 12.0 Å². The zero-order valence-corrected chi connectivity index (χ0v) is 13.5. The van der Waals surface area contributed by atoms with Gasteiger partial charge in [-0.25, -0.2) is 0 Å². The minimum atomic E-state index is 0.405. The molecule has 2 nitrogen and oxygen atoms in total. The molecule has 0 saturated carbocycles. The van der Waals surface area contributed by atoms with E-state index in [-0.39, 0.29) is 0 Å². The van der Waals surface area contributed by atoms with Crippen LogP contribution >= 0.6 is 0 Å². The Hall–Kier alpha value is -0.860. The van der Waals surface area contributed by atoms with Crippen LogP contribution in [0.4, 0.5) is 0 Å². The van der Waals surface area contributed by atoms with Gasteiger partial charge in [0.2, 0.25) is 0 Å². The highest BCUT2D eigenvalue weighted by atomic mass is 14.9. The first-order chi connectivity index (χ1) is 9.59. The van der Waals surface area contributed by atoms with Crippen molar-refractivity contribution in [3.05, 3.63) is 35.4 Å². The number of hydrogen-bond donors (Lipinski definition) is 2. The van der Waals surface area contributed by atoms with Crippen LogP contribution in [0.1, 0.15) is 57.6 Å². The summed E-state index contributed by atoms with van der Waals surface area (Å²) in [5.74, 6) is 0. The number of rotatable bonds is 10. The van der Waals surface area contributed by atoms with Crippen LogP contribution in [0, 0.1) is 5.41 Å². The molecule has 0 aromatic heterocycles. The van der Waals surface area contributed by atoms with Gasteiger partial charge >= 0.3 is 0 Å². The van der Waals surface area contributed by atoms with Crippen LogP contribution in [0.25, 0.3) is 0 Å². The summed E-state index contributed by atoms with van der Waals surface area (Å²) in [7, 11) is 0. The molecule has 1 aromatic rings. The van der Waals surface area contributed by atoms with Gasteiger partial charge in [0.05, 0.1) is 0 Å². The Morgan fingerprint density at radius 2 is 1.80 bits per heavy atom. The van der Waals surface area contributed by atoms with E-state index in [1.54, 1.807) is 0 Å². The molecule has 0 unspecified atom stereocenters. The third-order valence-corrected chi connectivity index (χ3v) is 3.97. The molecular weight excluding hydrogens is 244 g/mol. The van der Waals surface area contributed by atoms with Crippen LogP contribution in [0.3, 0.4) is 0 Å². The molecule has 1 rings (SSSR count). The molecule has 0 aliphatic heterocycles. The lowest BCUT2D eigenvalue weighted by molar-refractivity contribution is 0.303. The SMILES string of the molecule is CCCCCC(C)(C)CNCCc1ccccc1CN. The molecule has 0 heterocycles. The average molecular weight is 276 g/mol. The Morgan fingerprint density at radius 3 is 2.45 bits per heavy atom. The zero-order valence-electron chi connectivity index (χ0n) is 13.5. The topological polar surface area (TPSA) is 38.0 Å². The molecule has 0 aliphatic carbocycles. The van der Waals surface area contributed by atoms with E-state index in [4.69, 9.17) is 5.73 Å². The Morgan fingerprint density at radius 1 is 1.10 bits per heavy atom. The van der Waals surface area contributed by atoms with Crippen LogP contribution in [0.2, 0.25) is 0 Å². The highest BCUT2D eigenvalue weighted by Gasteiger charge is 2.16. The summed E-state index contributed by atoms with van der Waals surface area (Å²) >= 11 is 0. The lowest BCUT2D eigenvalue weighted by atomic mass is 9.87. The summed E-state index contributed by atoms with van der Waals surface area (Å²) in [6.07, 6.45) is 6.39. The van der Waals surface area contributed by atoms with E-state index in [1.807, 2.05) is 0 Å². The van der Waals surface area contributed by atoms with Gasteiger partial charge in [0.25, 0.3) is 0 Å². The van der Waals surface area contributed by atoms with Gasteiger partial charge in [-0.1, -0.05) is 64.3 Å². The normalized spacial score (nSPS) is 11.8.